The molecule has 22 heavy (non-hydrogen) atoms. The lowest BCUT2D eigenvalue weighted by atomic mass is 10.1. The average Bonchev–Trinajstić information content (AvgIpc) is 2.77. The van der Waals surface area contributed by atoms with Crippen molar-refractivity contribution in [3.8, 4) is 0 Å². The molecule has 1 heterocycles. The van der Waals surface area contributed by atoms with Gasteiger partial charge in [0, 0.05) is 17.7 Å². The number of hydrogen-bond acceptors (Lipinski definition) is 5. The summed E-state index contributed by atoms with van der Waals surface area (Å²) in [6.07, 6.45) is 1.35. The first kappa shape index (κ1) is 15.9. The summed E-state index contributed by atoms with van der Waals surface area (Å²) in [5, 5.41) is 14.6. The van der Waals surface area contributed by atoms with Crippen LogP contribution in [-0.2, 0) is 0 Å². The van der Waals surface area contributed by atoms with Gasteiger partial charge in [-0.25, -0.2) is 5.43 Å². The van der Waals surface area contributed by atoms with Crippen LogP contribution in [0, 0.1) is 24.0 Å². The number of furan rings is 1. The lowest BCUT2D eigenvalue weighted by Gasteiger charge is -2.04. The molecule has 0 aliphatic carbocycles. The minimum Gasteiger partial charge on any atom is -0.459 e. The molecule has 0 spiro atoms. The predicted molar refractivity (Wildman–Crippen MR) is 84.0 cm³/mol. The van der Waals surface area contributed by atoms with Gasteiger partial charge in [-0.3, -0.25) is 14.9 Å². The Hall–Kier alpha value is -2.48. The zero-order valence-electron chi connectivity index (χ0n) is 11.8. The number of rotatable bonds is 4. The Morgan fingerprint density at radius 3 is 2.77 bits per heavy atom. The van der Waals surface area contributed by atoms with Crippen LogP contribution in [0.1, 0.15) is 27.4 Å². The Morgan fingerprint density at radius 1 is 1.45 bits per heavy atom. The molecular weight excluding hydrogens is 354 g/mol. The Kier molecular flexibility index (Phi) is 4.71. The van der Waals surface area contributed by atoms with Crippen LogP contribution in [0.5, 0.6) is 0 Å². The smallest absolute Gasteiger partial charge is 0.273 e. The number of aryl methyl sites for hydroxylation is 1. The summed E-state index contributed by atoms with van der Waals surface area (Å²) in [5.74, 6) is 0.641. The molecule has 0 unspecified atom stereocenters. The zero-order chi connectivity index (χ0) is 16.3. The van der Waals surface area contributed by atoms with E-state index in [0.29, 0.717) is 11.5 Å². The van der Waals surface area contributed by atoms with Crippen LogP contribution in [0.2, 0.25) is 0 Å². The van der Waals surface area contributed by atoms with Gasteiger partial charge in [0.25, 0.3) is 11.6 Å². The van der Waals surface area contributed by atoms with E-state index >= 15 is 0 Å². The molecule has 0 saturated heterocycles. The fraction of sp³-hybridized carbons (Fsp3) is 0.143. The molecule has 0 aliphatic rings. The number of carbonyl (C=O) groups excluding carboxylic acids is 1. The molecule has 114 valence electrons. The normalized spacial score (nSPS) is 10.9. The van der Waals surface area contributed by atoms with Crippen molar-refractivity contribution < 1.29 is 14.1 Å². The van der Waals surface area contributed by atoms with Crippen molar-refractivity contribution in [1.82, 2.24) is 5.43 Å². The number of hydrogen-bond donors (Lipinski definition) is 1. The van der Waals surface area contributed by atoms with Gasteiger partial charge < -0.3 is 4.42 Å². The predicted octanol–water partition coefficient (Wildman–Crippen LogP) is 3.33. The zero-order valence-corrected chi connectivity index (χ0v) is 13.4. The van der Waals surface area contributed by atoms with Crippen LogP contribution < -0.4 is 5.43 Å². The van der Waals surface area contributed by atoms with E-state index in [1.807, 2.05) is 0 Å². The fourth-order valence-electron chi connectivity index (χ4n) is 1.83. The molecule has 8 heteroatoms. The van der Waals surface area contributed by atoms with Crippen LogP contribution in [0.3, 0.4) is 0 Å². The monoisotopic (exact) mass is 365 g/mol. The SMILES string of the molecule is Cc1oc(/C=N\NC(=O)c2cccc([N+](=O)[O-])c2C)cc1Br. The number of nitrogens with zero attached hydrogens (tertiary/aromatic N) is 2. The summed E-state index contributed by atoms with van der Waals surface area (Å²) in [6.45, 7) is 3.30. The van der Waals surface area contributed by atoms with E-state index in [0.717, 1.165) is 4.47 Å². The van der Waals surface area contributed by atoms with Crippen LogP contribution in [-0.4, -0.2) is 17.0 Å². The van der Waals surface area contributed by atoms with Gasteiger partial charge in [0.05, 0.1) is 21.2 Å². The molecule has 0 atom stereocenters. The Balaban J connectivity index is 2.13. The number of nitrogens with one attached hydrogen (secondary N) is 1. The summed E-state index contributed by atoms with van der Waals surface area (Å²) in [7, 11) is 0. The largest absolute Gasteiger partial charge is 0.459 e. The van der Waals surface area contributed by atoms with Gasteiger partial charge in [0.15, 0.2) is 0 Å². The molecule has 0 fully saturated rings. The molecule has 0 saturated carbocycles. The van der Waals surface area contributed by atoms with Crippen LogP contribution in [0.25, 0.3) is 0 Å². The van der Waals surface area contributed by atoms with Crippen molar-refractivity contribution in [3.63, 3.8) is 0 Å². The number of hydrazone groups is 1. The molecule has 2 rings (SSSR count). The number of amides is 1. The third-order valence-corrected chi connectivity index (χ3v) is 3.77. The van der Waals surface area contributed by atoms with Gasteiger partial charge in [-0.2, -0.15) is 5.10 Å². The van der Waals surface area contributed by atoms with E-state index in [4.69, 9.17) is 4.42 Å². The van der Waals surface area contributed by atoms with E-state index in [9.17, 15) is 14.9 Å². The van der Waals surface area contributed by atoms with E-state index in [1.54, 1.807) is 13.0 Å². The lowest BCUT2D eigenvalue weighted by Crippen LogP contribution is -2.19. The highest BCUT2D eigenvalue weighted by Crippen LogP contribution is 2.21. The summed E-state index contributed by atoms with van der Waals surface area (Å²) in [5.41, 5.74) is 2.69. The van der Waals surface area contributed by atoms with Gasteiger partial charge >= 0.3 is 0 Å². The molecule has 7 nitrogen and oxygen atoms in total. The van der Waals surface area contributed by atoms with Crippen molar-refractivity contribution >= 4 is 33.7 Å². The highest BCUT2D eigenvalue weighted by molar-refractivity contribution is 9.10. The van der Waals surface area contributed by atoms with E-state index in [-0.39, 0.29) is 16.8 Å². The van der Waals surface area contributed by atoms with Crippen LogP contribution in [0.15, 0.2) is 38.3 Å². The molecular formula is C14H12BrN3O4. The highest BCUT2D eigenvalue weighted by Gasteiger charge is 2.17. The van der Waals surface area contributed by atoms with E-state index in [1.165, 1.54) is 31.3 Å². The summed E-state index contributed by atoms with van der Waals surface area (Å²) >= 11 is 3.30. The third kappa shape index (κ3) is 3.40. The summed E-state index contributed by atoms with van der Waals surface area (Å²) < 4.78 is 6.14. The lowest BCUT2D eigenvalue weighted by molar-refractivity contribution is -0.385. The van der Waals surface area contributed by atoms with Gasteiger partial charge in [-0.05, 0) is 35.8 Å². The van der Waals surface area contributed by atoms with Gasteiger partial charge in [-0.1, -0.05) is 6.07 Å². The van der Waals surface area contributed by atoms with Crippen LogP contribution >= 0.6 is 15.9 Å². The molecule has 2 aromatic rings. The first-order chi connectivity index (χ1) is 10.4. The van der Waals surface area contributed by atoms with E-state index in [2.05, 4.69) is 26.5 Å². The molecule has 0 radical (unpaired) electrons. The minimum absolute atomic E-state index is 0.109. The minimum atomic E-state index is -0.529. The first-order valence-electron chi connectivity index (χ1n) is 6.23. The molecule has 1 aromatic heterocycles. The second-order valence-corrected chi connectivity index (χ2v) is 5.31. The van der Waals surface area contributed by atoms with Crippen molar-refractivity contribution in [3.05, 3.63) is 61.5 Å². The van der Waals surface area contributed by atoms with Gasteiger partial charge in [0.1, 0.15) is 11.5 Å². The third-order valence-electron chi connectivity index (χ3n) is 2.98. The number of halogens is 1. The quantitative estimate of drug-likeness (QED) is 0.510. The summed E-state index contributed by atoms with van der Waals surface area (Å²) in [4.78, 5) is 22.3. The van der Waals surface area contributed by atoms with Crippen molar-refractivity contribution in [2.75, 3.05) is 0 Å². The second-order valence-electron chi connectivity index (χ2n) is 4.46. The standard InChI is InChI=1S/C14H12BrN3O4/c1-8-11(4-3-5-13(8)18(20)21)14(19)17-16-7-10-6-12(15)9(2)22-10/h3-7H,1-2H3,(H,17,19)/b16-7-. The Bertz CT molecular complexity index is 748. The molecule has 1 aromatic carbocycles. The van der Waals surface area contributed by atoms with Crippen molar-refractivity contribution in [2.45, 2.75) is 13.8 Å². The van der Waals surface area contributed by atoms with Crippen molar-refractivity contribution in [2.24, 2.45) is 5.10 Å². The summed E-state index contributed by atoms with van der Waals surface area (Å²) in [6, 6.07) is 6.01. The molecule has 1 amide bonds. The maximum absolute atomic E-state index is 12.0. The number of nitro groups is 1. The molecule has 1 N–H and O–H groups in total. The molecule has 0 bridgehead atoms. The maximum atomic E-state index is 12.0. The average molecular weight is 366 g/mol. The van der Waals surface area contributed by atoms with Gasteiger partial charge in [0.2, 0.25) is 0 Å². The number of carbonyl (C=O) groups is 1. The van der Waals surface area contributed by atoms with E-state index < -0.39 is 10.8 Å². The van der Waals surface area contributed by atoms with Crippen molar-refractivity contribution in [1.29, 1.82) is 0 Å². The Labute approximate surface area is 134 Å². The maximum Gasteiger partial charge on any atom is 0.273 e. The number of nitro benzene ring substituents is 1. The number of benzene rings is 1. The fourth-order valence-corrected chi connectivity index (χ4v) is 2.13. The van der Waals surface area contributed by atoms with Crippen LogP contribution in [0.4, 0.5) is 5.69 Å². The second kappa shape index (κ2) is 6.52. The first-order valence-corrected chi connectivity index (χ1v) is 7.02. The molecule has 0 aliphatic heterocycles. The van der Waals surface area contributed by atoms with Gasteiger partial charge in [-0.15, -0.1) is 0 Å². The topological polar surface area (TPSA) is 97.7 Å². The highest BCUT2D eigenvalue weighted by atomic mass is 79.9. The Morgan fingerprint density at radius 2 is 2.18 bits per heavy atom.